The van der Waals surface area contributed by atoms with E-state index in [1.165, 1.54) is 65.9 Å². The Labute approximate surface area is 224 Å². The van der Waals surface area contributed by atoms with Crippen LogP contribution in [0, 0.1) is 10.1 Å². The topological polar surface area (TPSA) is 158 Å². The van der Waals surface area contributed by atoms with Crippen LogP contribution in [0.3, 0.4) is 0 Å². The van der Waals surface area contributed by atoms with Gasteiger partial charge in [-0.1, -0.05) is 5.16 Å². The number of carbonyl (C=O) groups excluding carboxylic acids is 4. The Morgan fingerprint density at radius 2 is 2.05 bits per heavy atom. The van der Waals surface area contributed by atoms with Crippen molar-refractivity contribution >= 4 is 70.1 Å². The highest BCUT2D eigenvalue weighted by molar-refractivity contribution is 8.04. The van der Waals surface area contributed by atoms with E-state index in [-0.39, 0.29) is 36.1 Å². The SMILES string of the molecule is CON=C(C(=O)NC1C(=O)N2CC(Cl)(C(=O)OCc3ccc([N+](=O)[O-])cc3)CS[C@H]12)C1=CC(=O)CCS1. The predicted octanol–water partition coefficient (Wildman–Crippen LogP) is 1.61. The van der Waals surface area contributed by atoms with Crippen LogP contribution < -0.4 is 5.32 Å². The molecule has 0 aromatic heterocycles. The summed E-state index contributed by atoms with van der Waals surface area (Å²) in [5.41, 5.74) is 0.374. The van der Waals surface area contributed by atoms with Crippen molar-refractivity contribution in [2.24, 2.45) is 5.16 Å². The lowest BCUT2D eigenvalue weighted by atomic mass is 10.0. The van der Waals surface area contributed by atoms with Crippen molar-refractivity contribution in [1.82, 2.24) is 10.2 Å². The number of hydrogen-bond acceptors (Lipinski definition) is 11. The van der Waals surface area contributed by atoms with Crippen LogP contribution in [0.2, 0.25) is 0 Å². The van der Waals surface area contributed by atoms with Crippen molar-refractivity contribution < 1.29 is 33.7 Å². The lowest BCUT2D eigenvalue weighted by molar-refractivity contribution is -0.384. The Hall–Kier alpha value is -3.10. The maximum absolute atomic E-state index is 12.9. The molecule has 0 aliphatic carbocycles. The van der Waals surface area contributed by atoms with Gasteiger partial charge in [-0.05, 0) is 23.8 Å². The number of nitro groups is 1. The summed E-state index contributed by atoms with van der Waals surface area (Å²) in [5.74, 6) is -1.29. The highest BCUT2D eigenvalue weighted by Gasteiger charge is 2.57. The van der Waals surface area contributed by atoms with Gasteiger partial charge in [0.1, 0.15) is 25.1 Å². The number of oxime groups is 1. The van der Waals surface area contributed by atoms with Crippen molar-refractivity contribution in [2.75, 3.05) is 25.2 Å². The lowest BCUT2D eigenvalue weighted by Gasteiger charge is -2.52. The monoisotopic (exact) mass is 568 g/mol. The zero-order chi connectivity index (χ0) is 26.7. The number of nitro benzene ring substituents is 1. The number of non-ortho nitro benzene ring substituents is 1. The van der Waals surface area contributed by atoms with Crippen LogP contribution in [0.25, 0.3) is 0 Å². The first-order valence-electron chi connectivity index (χ1n) is 10.9. The summed E-state index contributed by atoms with van der Waals surface area (Å²) in [4.78, 5) is 65.4. The van der Waals surface area contributed by atoms with Gasteiger partial charge in [0.25, 0.3) is 11.6 Å². The quantitative estimate of drug-likeness (QED) is 0.122. The van der Waals surface area contributed by atoms with E-state index in [1.807, 2.05) is 0 Å². The molecule has 2 saturated heterocycles. The van der Waals surface area contributed by atoms with Crippen LogP contribution in [-0.4, -0.2) is 80.6 Å². The molecule has 0 saturated carbocycles. The van der Waals surface area contributed by atoms with Crippen LogP contribution in [0.15, 0.2) is 40.4 Å². The average Bonchev–Trinajstić information content (AvgIpc) is 2.89. The molecule has 4 rings (SSSR count). The van der Waals surface area contributed by atoms with Crippen molar-refractivity contribution in [2.45, 2.75) is 29.3 Å². The Morgan fingerprint density at radius 1 is 1.32 bits per heavy atom. The molecule has 12 nitrogen and oxygen atoms in total. The fraction of sp³-hybridized carbons (Fsp3) is 0.409. The van der Waals surface area contributed by atoms with Crippen LogP contribution in [-0.2, 0) is 35.4 Å². The van der Waals surface area contributed by atoms with Gasteiger partial charge in [0.15, 0.2) is 16.4 Å². The van der Waals surface area contributed by atoms with Gasteiger partial charge in [0.2, 0.25) is 5.91 Å². The normalized spacial score (nSPS) is 25.4. The highest BCUT2D eigenvalue weighted by Crippen LogP contribution is 2.41. The molecule has 37 heavy (non-hydrogen) atoms. The number of hydrogen-bond donors (Lipinski definition) is 1. The first-order valence-corrected chi connectivity index (χ1v) is 13.4. The number of halogens is 1. The minimum Gasteiger partial charge on any atom is -0.459 e. The number of fused-ring (bicyclic) bond motifs is 1. The summed E-state index contributed by atoms with van der Waals surface area (Å²) in [5, 5.41) is 16.7. The molecule has 0 bridgehead atoms. The second-order valence-electron chi connectivity index (χ2n) is 8.28. The summed E-state index contributed by atoms with van der Waals surface area (Å²) in [6, 6.07) is 4.70. The molecule has 0 spiro atoms. The Balaban J connectivity index is 1.34. The molecular weight excluding hydrogens is 548 g/mol. The second kappa shape index (κ2) is 11.1. The largest absolute Gasteiger partial charge is 0.459 e. The number of carbonyl (C=O) groups is 4. The molecule has 2 fully saturated rings. The summed E-state index contributed by atoms with van der Waals surface area (Å²) >= 11 is 9.06. The summed E-state index contributed by atoms with van der Waals surface area (Å²) in [6.07, 6.45) is 1.70. The van der Waals surface area contributed by atoms with E-state index in [1.54, 1.807) is 0 Å². The molecule has 2 unspecified atom stereocenters. The molecule has 1 aromatic rings. The maximum Gasteiger partial charge on any atom is 0.330 e. The third kappa shape index (κ3) is 5.75. The van der Waals surface area contributed by atoms with Crippen molar-refractivity contribution in [1.29, 1.82) is 0 Å². The van der Waals surface area contributed by atoms with Crippen LogP contribution in [0.5, 0.6) is 0 Å². The number of thioether (sulfide) groups is 2. The first kappa shape index (κ1) is 26.9. The number of benzene rings is 1. The molecule has 3 aliphatic rings. The van der Waals surface area contributed by atoms with Gasteiger partial charge in [-0.3, -0.25) is 29.3 Å². The molecule has 0 radical (unpaired) electrons. The number of β-lactam (4-membered cyclic amide) rings is 1. The third-order valence-electron chi connectivity index (χ3n) is 5.74. The minimum absolute atomic E-state index is 0.0834. The summed E-state index contributed by atoms with van der Waals surface area (Å²) in [6.45, 7) is -0.241. The van der Waals surface area contributed by atoms with Gasteiger partial charge in [0.05, 0.1) is 11.5 Å². The third-order valence-corrected chi connectivity index (χ3v) is 8.87. The zero-order valence-corrected chi connectivity index (χ0v) is 21.8. The Bertz CT molecular complexity index is 1210. The number of rotatable bonds is 8. The van der Waals surface area contributed by atoms with Gasteiger partial charge in [-0.15, -0.1) is 35.1 Å². The van der Waals surface area contributed by atoms with Crippen LogP contribution in [0.1, 0.15) is 12.0 Å². The first-order chi connectivity index (χ1) is 17.6. The Morgan fingerprint density at radius 3 is 2.70 bits per heavy atom. The lowest BCUT2D eigenvalue weighted by Crippen LogP contribution is -2.74. The van der Waals surface area contributed by atoms with E-state index >= 15 is 0 Å². The standard InChI is InChI=1S/C22H21ClN4O8S2/c1-34-25-16(15-8-14(28)6-7-36-15)18(29)24-17-19(30)26-10-22(23,11-37-20(17)26)21(31)35-9-12-2-4-13(5-3-12)27(32)33/h2-5,8,17,20H,6-7,9-11H2,1H3,(H,24,29)/t17?,20-,22?/m1/s1. The molecule has 3 aliphatic heterocycles. The number of alkyl halides is 1. The molecule has 3 atom stereocenters. The van der Waals surface area contributed by atoms with Gasteiger partial charge in [-0.25, -0.2) is 0 Å². The van der Waals surface area contributed by atoms with Crippen molar-refractivity contribution in [3.63, 3.8) is 0 Å². The zero-order valence-electron chi connectivity index (χ0n) is 19.4. The number of nitrogens with one attached hydrogen (secondary N) is 1. The predicted molar refractivity (Wildman–Crippen MR) is 136 cm³/mol. The van der Waals surface area contributed by atoms with E-state index in [0.717, 1.165) is 0 Å². The fourth-order valence-electron chi connectivity index (χ4n) is 3.82. The van der Waals surface area contributed by atoms with E-state index < -0.39 is 39.0 Å². The van der Waals surface area contributed by atoms with Gasteiger partial charge >= 0.3 is 5.97 Å². The average molecular weight is 569 g/mol. The molecular formula is C22H21ClN4O8S2. The van der Waals surface area contributed by atoms with Gasteiger partial charge in [-0.2, -0.15) is 0 Å². The number of nitrogens with zero attached hydrogens (tertiary/aromatic N) is 3. The van der Waals surface area contributed by atoms with Crippen LogP contribution in [0.4, 0.5) is 5.69 Å². The molecule has 3 heterocycles. The number of esters is 1. The van der Waals surface area contributed by atoms with Crippen LogP contribution >= 0.6 is 35.1 Å². The minimum atomic E-state index is -1.49. The number of ketones is 1. The second-order valence-corrected chi connectivity index (χ2v) is 11.2. The molecule has 1 aromatic carbocycles. The molecule has 15 heteroatoms. The number of amides is 2. The smallest absolute Gasteiger partial charge is 0.330 e. The molecule has 1 N–H and O–H groups in total. The van der Waals surface area contributed by atoms with Gasteiger partial charge in [0, 0.05) is 35.0 Å². The van der Waals surface area contributed by atoms with Crippen molar-refractivity contribution in [3.05, 3.63) is 50.9 Å². The fourth-order valence-corrected chi connectivity index (χ4v) is 6.57. The van der Waals surface area contributed by atoms with E-state index in [2.05, 4.69) is 10.5 Å². The summed E-state index contributed by atoms with van der Waals surface area (Å²) in [7, 11) is 1.27. The van der Waals surface area contributed by atoms with Gasteiger partial charge < -0.3 is 19.8 Å². The maximum atomic E-state index is 12.9. The molecule has 196 valence electrons. The number of allylic oxidation sites excluding steroid dienone is 1. The van der Waals surface area contributed by atoms with Crippen molar-refractivity contribution in [3.8, 4) is 0 Å². The van der Waals surface area contributed by atoms with E-state index in [4.69, 9.17) is 21.2 Å². The Kier molecular flexibility index (Phi) is 8.09. The van der Waals surface area contributed by atoms with E-state index in [9.17, 15) is 29.3 Å². The number of ether oxygens (including phenoxy) is 1. The van der Waals surface area contributed by atoms with E-state index in [0.29, 0.717) is 22.6 Å². The molecule has 2 amide bonds. The summed E-state index contributed by atoms with van der Waals surface area (Å²) < 4.78 is 5.31. The highest BCUT2D eigenvalue weighted by atomic mass is 35.5.